The Labute approximate surface area is 310 Å². The number of benzene rings is 3. The maximum atomic E-state index is 13.0. The van der Waals surface area contributed by atoms with Crippen molar-refractivity contribution in [2.24, 2.45) is 0 Å². The summed E-state index contributed by atoms with van der Waals surface area (Å²) in [5.41, 5.74) is 7.29. The van der Waals surface area contributed by atoms with E-state index in [2.05, 4.69) is 34.3 Å². The van der Waals surface area contributed by atoms with Gasteiger partial charge < -0.3 is 24.0 Å². The zero-order valence-corrected chi connectivity index (χ0v) is 30.9. The number of pyridine rings is 1. The molecule has 53 heavy (non-hydrogen) atoms. The van der Waals surface area contributed by atoms with Gasteiger partial charge in [-0.15, -0.1) is 0 Å². The van der Waals surface area contributed by atoms with Crippen molar-refractivity contribution < 1.29 is 19.0 Å². The average molecular weight is 712 g/mol. The molecule has 3 aromatic heterocycles. The number of ether oxygens (including phenoxy) is 3. The van der Waals surface area contributed by atoms with Crippen LogP contribution in [0.5, 0.6) is 11.5 Å². The lowest BCUT2D eigenvalue weighted by Crippen LogP contribution is -2.50. The molecule has 0 unspecified atom stereocenters. The number of aromatic nitrogens is 5. The van der Waals surface area contributed by atoms with Gasteiger partial charge in [0.1, 0.15) is 17.1 Å². The van der Waals surface area contributed by atoms with Crippen LogP contribution in [-0.2, 0) is 17.8 Å². The number of nitrogens with zero attached hydrogens (tertiary/aromatic N) is 7. The van der Waals surface area contributed by atoms with E-state index in [1.165, 1.54) is 0 Å². The Kier molecular flexibility index (Phi) is 10.2. The summed E-state index contributed by atoms with van der Waals surface area (Å²) in [6.45, 7) is 9.17. The number of carbonyl (C=O) groups excluding carboxylic acids is 1. The summed E-state index contributed by atoms with van der Waals surface area (Å²) in [6, 6.07) is 26.3. The van der Waals surface area contributed by atoms with E-state index in [4.69, 9.17) is 24.3 Å². The van der Waals surface area contributed by atoms with Crippen LogP contribution in [0.1, 0.15) is 43.2 Å². The number of piperazine rings is 1. The first-order valence-corrected chi connectivity index (χ1v) is 17.8. The van der Waals surface area contributed by atoms with E-state index >= 15 is 0 Å². The molecule has 1 saturated heterocycles. The lowest BCUT2D eigenvalue weighted by Gasteiger charge is -2.37. The standard InChI is InChI=1S/C42H45N7O4/c1-42(2,3)53-41(50)47-23-21-46(22-24-47)39-36(33-9-7-6-8-10-33)26-43-40-38(39)37(45-49(40)29-31-13-18-35(52-5)19-14-31)20-15-32-25-44-48(28-32)27-30-11-16-34(51-4)17-12-30/h6-20,25-26,28H,21-24,27,29H2,1-5H3/b20-15-. The van der Waals surface area contributed by atoms with E-state index in [-0.39, 0.29) is 6.09 Å². The quantitative estimate of drug-likeness (QED) is 0.143. The molecule has 0 spiro atoms. The van der Waals surface area contributed by atoms with Crippen molar-refractivity contribution in [3.63, 3.8) is 0 Å². The van der Waals surface area contributed by atoms with Crippen molar-refractivity contribution in [3.8, 4) is 22.6 Å². The van der Waals surface area contributed by atoms with Crippen molar-refractivity contribution in [3.05, 3.63) is 120 Å². The zero-order valence-electron chi connectivity index (χ0n) is 30.9. The van der Waals surface area contributed by atoms with E-state index in [9.17, 15) is 4.79 Å². The molecule has 7 rings (SSSR count). The van der Waals surface area contributed by atoms with Crippen molar-refractivity contribution in [2.45, 2.75) is 39.5 Å². The summed E-state index contributed by atoms with van der Waals surface area (Å²) in [5.74, 6) is 1.62. The molecular formula is C42H45N7O4. The van der Waals surface area contributed by atoms with Crippen LogP contribution < -0.4 is 14.4 Å². The molecule has 0 bridgehead atoms. The van der Waals surface area contributed by atoms with E-state index in [1.54, 1.807) is 19.1 Å². The highest BCUT2D eigenvalue weighted by Gasteiger charge is 2.29. The van der Waals surface area contributed by atoms with Gasteiger partial charge in [-0.05, 0) is 73.9 Å². The Morgan fingerprint density at radius 1 is 0.792 bits per heavy atom. The molecule has 272 valence electrons. The first-order chi connectivity index (χ1) is 25.7. The van der Waals surface area contributed by atoms with Gasteiger partial charge in [-0.3, -0.25) is 4.68 Å². The SMILES string of the molecule is COc1ccc(Cn2cc(/C=C\c3nn(Cc4ccc(OC)cc4)c4ncc(-c5ccccc5)c(N5CCN(C(=O)OC(C)(C)C)CC5)c34)cn2)cc1. The van der Waals surface area contributed by atoms with Crippen LogP contribution in [0.2, 0.25) is 0 Å². The minimum absolute atomic E-state index is 0.288. The Hall–Kier alpha value is -6.10. The third-order valence-electron chi connectivity index (χ3n) is 9.17. The van der Waals surface area contributed by atoms with Crippen molar-refractivity contribution >= 4 is 35.0 Å². The second-order valence-corrected chi connectivity index (χ2v) is 14.1. The molecule has 11 heteroatoms. The summed E-state index contributed by atoms with van der Waals surface area (Å²) < 4.78 is 20.3. The number of fused-ring (bicyclic) bond motifs is 1. The van der Waals surface area contributed by atoms with E-state index in [0.717, 1.165) is 61.7 Å². The lowest BCUT2D eigenvalue weighted by molar-refractivity contribution is 0.0240. The molecule has 0 atom stereocenters. The molecule has 0 saturated carbocycles. The smallest absolute Gasteiger partial charge is 0.410 e. The van der Waals surface area contributed by atoms with Gasteiger partial charge in [-0.25, -0.2) is 14.5 Å². The number of rotatable bonds is 10. The predicted molar refractivity (Wildman–Crippen MR) is 208 cm³/mol. The molecule has 0 N–H and O–H groups in total. The van der Waals surface area contributed by atoms with Gasteiger partial charge >= 0.3 is 6.09 Å². The van der Waals surface area contributed by atoms with Gasteiger partial charge in [-0.1, -0.05) is 54.6 Å². The number of amides is 1. The topological polar surface area (TPSA) is 99.8 Å². The summed E-state index contributed by atoms with van der Waals surface area (Å²) >= 11 is 0. The summed E-state index contributed by atoms with van der Waals surface area (Å²) in [7, 11) is 3.33. The Balaban J connectivity index is 1.28. The van der Waals surface area contributed by atoms with Crippen LogP contribution in [0.3, 0.4) is 0 Å². The summed E-state index contributed by atoms with van der Waals surface area (Å²) in [4.78, 5) is 22.2. The molecule has 4 heterocycles. The highest BCUT2D eigenvalue weighted by molar-refractivity contribution is 6.03. The van der Waals surface area contributed by atoms with Gasteiger partial charge in [-0.2, -0.15) is 10.2 Å². The maximum absolute atomic E-state index is 13.0. The molecule has 3 aromatic carbocycles. The van der Waals surface area contributed by atoms with E-state index in [1.807, 2.05) is 115 Å². The fraction of sp³-hybridized carbons (Fsp3) is 0.286. The van der Waals surface area contributed by atoms with E-state index < -0.39 is 5.60 Å². The Morgan fingerprint density at radius 3 is 2.06 bits per heavy atom. The molecule has 11 nitrogen and oxygen atoms in total. The third-order valence-corrected chi connectivity index (χ3v) is 9.17. The predicted octanol–water partition coefficient (Wildman–Crippen LogP) is 7.64. The fourth-order valence-electron chi connectivity index (χ4n) is 6.52. The summed E-state index contributed by atoms with van der Waals surface area (Å²) in [5, 5.41) is 10.8. The van der Waals surface area contributed by atoms with Crippen molar-refractivity contribution in [1.29, 1.82) is 0 Å². The van der Waals surface area contributed by atoms with Crippen molar-refractivity contribution in [1.82, 2.24) is 29.4 Å². The molecule has 1 amide bonds. The Morgan fingerprint density at radius 2 is 1.43 bits per heavy atom. The number of hydrogen-bond acceptors (Lipinski definition) is 8. The minimum atomic E-state index is -0.558. The van der Waals surface area contributed by atoms with Gasteiger partial charge in [0.05, 0.1) is 50.3 Å². The van der Waals surface area contributed by atoms with Crippen LogP contribution in [0, 0.1) is 0 Å². The van der Waals surface area contributed by atoms with Crippen LogP contribution >= 0.6 is 0 Å². The highest BCUT2D eigenvalue weighted by atomic mass is 16.6. The maximum Gasteiger partial charge on any atom is 0.410 e. The lowest BCUT2D eigenvalue weighted by atomic mass is 10.0. The van der Waals surface area contributed by atoms with Crippen LogP contribution in [0.15, 0.2) is 97.5 Å². The first kappa shape index (κ1) is 35.3. The van der Waals surface area contributed by atoms with Gasteiger partial charge in [0.2, 0.25) is 0 Å². The molecule has 0 aliphatic carbocycles. The molecule has 6 aromatic rings. The minimum Gasteiger partial charge on any atom is -0.497 e. The first-order valence-electron chi connectivity index (χ1n) is 17.8. The number of hydrogen-bond donors (Lipinski definition) is 0. The third kappa shape index (κ3) is 8.19. The largest absolute Gasteiger partial charge is 0.497 e. The highest BCUT2D eigenvalue weighted by Crippen LogP contribution is 2.39. The number of methoxy groups -OCH3 is 2. The number of carbonyl (C=O) groups is 1. The molecular weight excluding hydrogens is 667 g/mol. The van der Waals surface area contributed by atoms with Crippen molar-refractivity contribution in [2.75, 3.05) is 45.3 Å². The molecule has 0 radical (unpaired) electrons. The average Bonchev–Trinajstić information content (AvgIpc) is 3.77. The molecule has 1 aliphatic rings. The monoisotopic (exact) mass is 711 g/mol. The molecule has 1 aliphatic heterocycles. The van der Waals surface area contributed by atoms with Gasteiger partial charge in [0.25, 0.3) is 0 Å². The fourth-order valence-corrected chi connectivity index (χ4v) is 6.52. The van der Waals surface area contributed by atoms with Crippen LogP contribution in [0.25, 0.3) is 34.3 Å². The van der Waals surface area contributed by atoms with Gasteiger partial charge in [0, 0.05) is 49.7 Å². The second kappa shape index (κ2) is 15.2. The zero-order chi connectivity index (χ0) is 37.0. The van der Waals surface area contributed by atoms with Crippen LogP contribution in [0.4, 0.5) is 10.5 Å². The normalized spacial score (nSPS) is 13.5. The second-order valence-electron chi connectivity index (χ2n) is 14.1. The summed E-state index contributed by atoms with van der Waals surface area (Å²) in [6.07, 6.45) is 9.66. The number of anilines is 1. The van der Waals surface area contributed by atoms with Gasteiger partial charge in [0.15, 0.2) is 5.65 Å². The van der Waals surface area contributed by atoms with E-state index in [0.29, 0.717) is 39.3 Å². The van der Waals surface area contributed by atoms with Crippen LogP contribution in [-0.4, -0.2) is 81.5 Å². The molecule has 1 fully saturated rings. The Bertz CT molecular complexity index is 2190.